The number of carbonyl (C=O) groups excluding carboxylic acids is 1. The lowest BCUT2D eigenvalue weighted by molar-refractivity contribution is -0.386. The van der Waals surface area contributed by atoms with Gasteiger partial charge in [0.2, 0.25) is 0 Å². The largest absolute Gasteiger partial charge is 0.465 e. The molecule has 20 heavy (non-hydrogen) atoms. The van der Waals surface area contributed by atoms with E-state index < -0.39 is 16.4 Å². The molecule has 0 heterocycles. The van der Waals surface area contributed by atoms with Crippen molar-refractivity contribution >= 4 is 11.7 Å². The van der Waals surface area contributed by atoms with Crippen LogP contribution in [0.4, 0.5) is 5.69 Å². The van der Waals surface area contributed by atoms with Crippen molar-refractivity contribution in [1.82, 2.24) is 0 Å². The van der Waals surface area contributed by atoms with Crippen LogP contribution in [-0.4, -0.2) is 18.0 Å². The number of nitrogens with two attached hydrogens (primary N) is 1. The average Bonchev–Trinajstić information content (AvgIpc) is 2.46. The molecule has 1 saturated carbocycles. The van der Waals surface area contributed by atoms with Gasteiger partial charge in [0.05, 0.1) is 23.2 Å². The van der Waals surface area contributed by atoms with Crippen LogP contribution in [0.25, 0.3) is 0 Å². The van der Waals surface area contributed by atoms with Crippen LogP contribution in [0, 0.1) is 10.1 Å². The Hall–Kier alpha value is -1.95. The average molecular weight is 278 g/mol. The highest BCUT2D eigenvalue weighted by molar-refractivity contribution is 5.92. The van der Waals surface area contributed by atoms with E-state index in [1.807, 2.05) is 0 Å². The van der Waals surface area contributed by atoms with Crippen molar-refractivity contribution in [2.75, 3.05) is 7.11 Å². The predicted octanol–water partition coefficient (Wildman–Crippen LogP) is 2.50. The quantitative estimate of drug-likeness (QED) is 0.520. The Morgan fingerprint density at radius 2 is 2.00 bits per heavy atom. The van der Waals surface area contributed by atoms with Crippen LogP contribution in [0.3, 0.4) is 0 Å². The van der Waals surface area contributed by atoms with Gasteiger partial charge < -0.3 is 10.5 Å². The number of methoxy groups -OCH3 is 1. The molecule has 0 saturated heterocycles. The highest BCUT2D eigenvalue weighted by Gasteiger charge is 2.39. The Morgan fingerprint density at radius 3 is 2.55 bits per heavy atom. The van der Waals surface area contributed by atoms with Crippen LogP contribution in [-0.2, 0) is 10.3 Å². The molecule has 0 amide bonds. The van der Waals surface area contributed by atoms with Crippen molar-refractivity contribution in [2.24, 2.45) is 5.73 Å². The van der Waals surface area contributed by atoms with Gasteiger partial charge in [0.15, 0.2) is 0 Å². The number of ether oxygens (including phenoxy) is 1. The zero-order valence-corrected chi connectivity index (χ0v) is 11.4. The maximum atomic E-state index is 11.9. The summed E-state index contributed by atoms with van der Waals surface area (Å²) in [4.78, 5) is 22.7. The van der Waals surface area contributed by atoms with Gasteiger partial charge >= 0.3 is 5.97 Å². The molecule has 0 unspecified atom stereocenters. The monoisotopic (exact) mass is 278 g/mol. The van der Waals surface area contributed by atoms with E-state index in [9.17, 15) is 14.9 Å². The number of hydrogen-bond donors (Lipinski definition) is 1. The number of nitro benzene ring substituents is 1. The molecule has 0 spiro atoms. The third kappa shape index (κ3) is 2.51. The second-order valence-corrected chi connectivity index (χ2v) is 5.17. The van der Waals surface area contributed by atoms with Crippen LogP contribution in [0.2, 0.25) is 0 Å². The van der Waals surface area contributed by atoms with Crippen molar-refractivity contribution in [3.63, 3.8) is 0 Å². The van der Waals surface area contributed by atoms with Gasteiger partial charge in [-0.05, 0) is 18.9 Å². The van der Waals surface area contributed by atoms with Gasteiger partial charge in [-0.1, -0.05) is 25.3 Å². The summed E-state index contributed by atoms with van der Waals surface area (Å²) in [5.41, 5.74) is 5.99. The number of benzene rings is 1. The number of nitro groups is 1. The van der Waals surface area contributed by atoms with Crippen LogP contribution in [0.1, 0.15) is 48.0 Å². The lowest BCUT2D eigenvalue weighted by Gasteiger charge is -2.34. The van der Waals surface area contributed by atoms with E-state index in [0.717, 1.165) is 19.3 Å². The normalized spacial score (nSPS) is 17.5. The molecule has 6 nitrogen and oxygen atoms in total. The van der Waals surface area contributed by atoms with E-state index >= 15 is 0 Å². The summed E-state index contributed by atoms with van der Waals surface area (Å²) >= 11 is 0. The molecule has 2 rings (SSSR count). The fourth-order valence-corrected chi connectivity index (χ4v) is 2.93. The molecule has 6 heteroatoms. The van der Waals surface area contributed by atoms with Crippen molar-refractivity contribution in [2.45, 2.75) is 37.6 Å². The predicted molar refractivity (Wildman–Crippen MR) is 73.4 cm³/mol. The molecule has 0 bridgehead atoms. The number of rotatable bonds is 3. The SMILES string of the molecule is COC(=O)c1cccc([N+](=O)[O-])c1C1(N)CCCCC1. The molecular formula is C14H18N2O4. The Kier molecular flexibility index (Phi) is 4.04. The minimum atomic E-state index is -0.828. The minimum absolute atomic E-state index is 0.0997. The summed E-state index contributed by atoms with van der Waals surface area (Å²) < 4.78 is 4.73. The van der Waals surface area contributed by atoms with Crippen LogP contribution in [0.5, 0.6) is 0 Å². The zero-order valence-electron chi connectivity index (χ0n) is 11.4. The Morgan fingerprint density at radius 1 is 1.35 bits per heavy atom. The van der Waals surface area contributed by atoms with Gasteiger partial charge in [-0.3, -0.25) is 10.1 Å². The molecule has 2 N–H and O–H groups in total. The first kappa shape index (κ1) is 14.5. The van der Waals surface area contributed by atoms with Crippen molar-refractivity contribution in [3.8, 4) is 0 Å². The van der Waals surface area contributed by atoms with Crippen LogP contribution < -0.4 is 5.73 Å². The lowest BCUT2D eigenvalue weighted by atomic mass is 9.75. The molecular weight excluding hydrogens is 260 g/mol. The van der Waals surface area contributed by atoms with Crippen LogP contribution >= 0.6 is 0 Å². The minimum Gasteiger partial charge on any atom is -0.465 e. The molecule has 1 aliphatic rings. The highest BCUT2D eigenvalue weighted by Crippen LogP contribution is 2.41. The Labute approximate surface area is 117 Å². The molecule has 0 aliphatic heterocycles. The first-order valence-electron chi connectivity index (χ1n) is 6.65. The van der Waals surface area contributed by atoms with Gasteiger partial charge in [-0.25, -0.2) is 4.79 Å². The van der Waals surface area contributed by atoms with Crippen molar-refractivity contribution in [3.05, 3.63) is 39.4 Å². The molecule has 0 aromatic heterocycles. The summed E-state index contributed by atoms with van der Waals surface area (Å²) in [6, 6.07) is 4.42. The second-order valence-electron chi connectivity index (χ2n) is 5.17. The second kappa shape index (κ2) is 5.58. The maximum Gasteiger partial charge on any atom is 0.338 e. The summed E-state index contributed by atoms with van der Waals surface area (Å²) in [5, 5.41) is 11.3. The van der Waals surface area contributed by atoms with Gasteiger partial charge in [-0.2, -0.15) is 0 Å². The van der Waals surface area contributed by atoms with Gasteiger partial charge in [0.25, 0.3) is 5.69 Å². The molecule has 1 aliphatic carbocycles. The van der Waals surface area contributed by atoms with Crippen molar-refractivity contribution in [1.29, 1.82) is 0 Å². The van der Waals surface area contributed by atoms with E-state index in [0.29, 0.717) is 18.4 Å². The number of hydrogen-bond acceptors (Lipinski definition) is 5. The third-order valence-corrected chi connectivity index (χ3v) is 3.89. The molecule has 1 aromatic carbocycles. The fourth-order valence-electron chi connectivity index (χ4n) is 2.93. The van der Waals surface area contributed by atoms with E-state index in [1.165, 1.54) is 25.3 Å². The number of carbonyl (C=O) groups is 1. The topological polar surface area (TPSA) is 95.5 Å². The molecule has 0 radical (unpaired) electrons. The van der Waals surface area contributed by atoms with E-state index in [1.54, 1.807) is 0 Å². The Bertz CT molecular complexity index is 536. The summed E-state index contributed by atoms with van der Waals surface area (Å²) in [7, 11) is 1.26. The first-order valence-corrected chi connectivity index (χ1v) is 6.65. The van der Waals surface area contributed by atoms with Gasteiger partial charge in [0.1, 0.15) is 0 Å². The zero-order chi connectivity index (χ0) is 14.8. The molecule has 1 aromatic rings. The fraction of sp³-hybridized carbons (Fsp3) is 0.500. The first-order chi connectivity index (χ1) is 9.49. The number of esters is 1. The van der Waals surface area contributed by atoms with E-state index in [-0.39, 0.29) is 11.3 Å². The lowest BCUT2D eigenvalue weighted by Crippen LogP contribution is -2.40. The Balaban J connectivity index is 2.63. The number of nitrogens with zero attached hydrogens (tertiary/aromatic N) is 1. The summed E-state index contributed by atoms with van der Waals surface area (Å²) in [6.45, 7) is 0. The van der Waals surface area contributed by atoms with Crippen LogP contribution in [0.15, 0.2) is 18.2 Å². The molecule has 0 atom stereocenters. The molecule has 1 fully saturated rings. The smallest absolute Gasteiger partial charge is 0.338 e. The van der Waals surface area contributed by atoms with Gasteiger partial charge in [0, 0.05) is 11.6 Å². The standard InChI is InChI=1S/C14H18N2O4/c1-20-13(17)10-6-5-7-11(16(18)19)12(10)14(15)8-3-2-4-9-14/h5-7H,2-4,8-9,15H2,1H3. The maximum absolute atomic E-state index is 11.9. The third-order valence-electron chi connectivity index (χ3n) is 3.89. The summed E-state index contributed by atoms with van der Waals surface area (Å²) in [6.07, 6.45) is 4.16. The highest BCUT2D eigenvalue weighted by atomic mass is 16.6. The van der Waals surface area contributed by atoms with E-state index in [4.69, 9.17) is 10.5 Å². The molecule has 108 valence electrons. The van der Waals surface area contributed by atoms with E-state index in [2.05, 4.69) is 0 Å². The van der Waals surface area contributed by atoms with Crippen molar-refractivity contribution < 1.29 is 14.5 Å². The van der Waals surface area contributed by atoms with Gasteiger partial charge in [-0.15, -0.1) is 0 Å². The summed E-state index contributed by atoms with van der Waals surface area (Å²) in [5.74, 6) is -0.584.